The van der Waals surface area contributed by atoms with E-state index in [1.807, 2.05) is 43.5 Å². The van der Waals surface area contributed by atoms with Crippen LogP contribution in [0.5, 0.6) is 5.75 Å². The summed E-state index contributed by atoms with van der Waals surface area (Å²) in [5.74, 6) is 0.796. The maximum absolute atomic E-state index is 5.77. The van der Waals surface area contributed by atoms with Gasteiger partial charge in [-0.3, -0.25) is 4.98 Å². The zero-order chi connectivity index (χ0) is 19.8. The van der Waals surface area contributed by atoms with Crippen molar-refractivity contribution in [2.24, 2.45) is 0 Å². The highest BCUT2D eigenvalue weighted by molar-refractivity contribution is 7.80. The second-order valence-corrected chi connectivity index (χ2v) is 6.95. The summed E-state index contributed by atoms with van der Waals surface area (Å²) in [7, 11) is 0. The molecule has 0 radical (unpaired) electrons. The van der Waals surface area contributed by atoms with Gasteiger partial charge < -0.3 is 15.0 Å². The van der Waals surface area contributed by atoms with Gasteiger partial charge in [0.05, 0.1) is 12.3 Å². The van der Waals surface area contributed by atoms with E-state index in [1.54, 1.807) is 6.20 Å². The number of aromatic nitrogens is 1. The molecule has 0 saturated heterocycles. The molecular weight excluding hydrogens is 366 g/mol. The van der Waals surface area contributed by atoms with Gasteiger partial charge >= 0.3 is 0 Å². The van der Waals surface area contributed by atoms with Crippen LogP contribution in [0.3, 0.4) is 0 Å². The largest absolute Gasteiger partial charge is 0.492 e. The fourth-order valence-electron chi connectivity index (χ4n) is 2.99. The number of ether oxygens (including phenoxy) is 1. The number of rotatable bonds is 7. The van der Waals surface area contributed by atoms with Crippen molar-refractivity contribution < 1.29 is 4.74 Å². The SMILES string of the molecule is CCOc1ccccc1NC(=S)N(Cc1cccnc1)Cc1cccc(C)c1. The van der Waals surface area contributed by atoms with Gasteiger partial charge in [0.2, 0.25) is 0 Å². The van der Waals surface area contributed by atoms with Gasteiger partial charge in [0.25, 0.3) is 0 Å². The molecule has 28 heavy (non-hydrogen) atoms. The molecule has 5 heteroatoms. The van der Waals surface area contributed by atoms with Crippen molar-refractivity contribution in [2.45, 2.75) is 26.9 Å². The Morgan fingerprint density at radius 3 is 2.57 bits per heavy atom. The number of benzene rings is 2. The Hall–Kier alpha value is -2.92. The standard InChI is InChI=1S/C23H25N3OS/c1-3-27-22-12-5-4-11-21(22)25-23(28)26(17-20-10-7-13-24-15-20)16-19-9-6-8-18(2)14-19/h4-15H,3,16-17H2,1-2H3,(H,25,28). The van der Waals surface area contributed by atoms with Gasteiger partial charge in [-0.15, -0.1) is 0 Å². The highest BCUT2D eigenvalue weighted by Crippen LogP contribution is 2.24. The number of thiocarbonyl (C=S) groups is 1. The lowest BCUT2D eigenvalue weighted by atomic mass is 10.1. The lowest BCUT2D eigenvalue weighted by Crippen LogP contribution is -2.34. The molecule has 144 valence electrons. The Morgan fingerprint density at radius 2 is 1.82 bits per heavy atom. The number of pyridine rings is 1. The summed E-state index contributed by atoms with van der Waals surface area (Å²) in [5.41, 5.74) is 4.43. The molecule has 0 unspecified atom stereocenters. The third kappa shape index (κ3) is 5.54. The van der Waals surface area contributed by atoms with Crippen LogP contribution in [0, 0.1) is 6.92 Å². The lowest BCUT2D eigenvalue weighted by Gasteiger charge is -2.27. The second-order valence-electron chi connectivity index (χ2n) is 6.57. The predicted octanol–water partition coefficient (Wildman–Crippen LogP) is 5.19. The number of para-hydroxylation sites is 2. The predicted molar refractivity (Wildman–Crippen MR) is 118 cm³/mol. The van der Waals surface area contributed by atoms with Gasteiger partial charge in [0.15, 0.2) is 5.11 Å². The first-order chi connectivity index (χ1) is 13.7. The van der Waals surface area contributed by atoms with Crippen molar-refractivity contribution in [3.05, 3.63) is 89.7 Å². The van der Waals surface area contributed by atoms with Crippen LogP contribution in [0.25, 0.3) is 0 Å². The molecule has 0 aliphatic heterocycles. The highest BCUT2D eigenvalue weighted by atomic mass is 32.1. The van der Waals surface area contributed by atoms with Crippen LogP contribution in [0.1, 0.15) is 23.6 Å². The minimum Gasteiger partial charge on any atom is -0.492 e. The zero-order valence-electron chi connectivity index (χ0n) is 16.3. The van der Waals surface area contributed by atoms with Gasteiger partial charge in [0.1, 0.15) is 5.75 Å². The van der Waals surface area contributed by atoms with E-state index >= 15 is 0 Å². The number of hydrogen-bond donors (Lipinski definition) is 1. The van der Waals surface area contributed by atoms with Gasteiger partial charge in [-0.1, -0.05) is 48.0 Å². The molecule has 1 heterocycles. The lowest BCUT2D eigenvalue weighted by molar-refractivity contribution is 0.342. The molecule has 0 aliphatic rings. The molecule has 0 amide bonds. The van der Waals surface area contributed by atoms with Crippen LogP contribution in [0.4, 0.5) is 5.69 Å². The van der Waals surface area contributed by atoms with Crippen LogP contribution in [-0.4, -0.2) is 21.6 Å². The van der Waals surface area contributed by atoms with E-state index in [-0.39, 0.29) is 0 Å². The van der Waals surface area contributed by atoms with Crippen LogP contribution in [0.15, 0.2) is 73.1 Å². The van der Waals surface area contributed by atoms with Gasteiger partial charge in [-0.25, -0.2) is 0 Å². The molecule has 0 saturated carbocycles. The first-order valence-electron chi connectivity index (χ1n) is 9.38. The average Bonchev–Trinajstić information content (AvgIpc) is 2.70. The Kier molecular flexibility index (Phi) is 6.98. The molecule has 1 N–H and O–H groups in total. The Morgan fingerprint density at radius 1 is 1.04 bits per heavy atom. The van der Waals surface area contributed by atoms with E-state index in [1.165, 1.54) is 11.1 Å². The van der Waals surface area contributed by atoms with E-state index in [0.717, 1.165) is 17.0 Å². The number of aryl methyl sites for hydroxylation is 1. The van der Waals surface area contributed by atoms with Crippen molar-refractivity contribution in [1.29, 1.82) is 0 Å². The van der Waals surface area contributed by atoms with Gasteiger partial charge in [0, 0.05) is 25.5 Å². The smallest absolute Gasteiger partial charge is 0.174 e. The molecule has 0 bridgehead atoms. The van der Waals surface area contributed by atoms with E-state index < -0.39 is 0 Å². The summed E-state index contributed by atoms with van der Waals surface area (Å²) in [6.07, 6.45) is 3.66. The van der Waals surface area contributed by atoms with E-state index in [0.29, 0.717) is 24.8 Å². The van der Waals surface area contributed by atoms with Crippen LogP contribution >= 0.6 is 12.2 Å². The van der Waals surface area contributed by atoms with Crippen molar-refractivity contribution in [1.82, 2.24) is 9.88 Å². The topological polar surface area (TPSA) is 37.4 Å². The number of nitrogens with one attached hydrogen (secondary N) is 1. The molecule has 0 atom stereocenters. The van der Waals surface area contributed by atoms with E-state index in [2.05, 4.69) is 52.5 Å². The minimum atomic E-state index is 0.605. The normalized spacial score (nSPS) is 10.4. The number of anilines is 1. The summed E-state index contributed by atoms with van der Waals surface area (Å²) < 4.78 is 5.72. The summed E-state index contributed by atoms with van der Waals surface area (Å²) in [5, 5.41) is 4.01. The maximum Gasteiger partial charge on any atom is 0.174 e. The van der Waals surface area contributed by atoms with E-state index in [4.69, 9.17) is 17.0 Å². The van der Waals surface area contributed by atoms with Gasteiger partial charge in [-0.05, 0) is 55.4 Å². The molecular formula is C23H25N3OS. The number of hydrogen-bond acceptors (Lipinski definition) is 3. The first kappa shape index (κ1) is 19.8. The van der Waals surface area contributed by atoms with Crippen LogP contribution in [0.2, 0.25) is 0 Å². The monoisotopic (exact) mass is 391 g/mol. The van der Waals surface area contributed by atoms with E-state index in [9.17, 15) is 0 Å². The molecule has 1 aromatic heterocycles. The van der Waals surface area contributed by atoms with Crippen LogP contribution < -0.4 is 10.1 Å². The first-order valence-corrected chi connectivity index (χ1v) is 9.78. The fraction of sp³-hybridized carbons (Fsp3) is 0.217. The third-order valence-corrected chi connectivity index (χ3v) is 4.63. The fourth-order valence-corrected chi connectivity index (χ4v) is 3.23. The molecule has 0 fully saturated rings. The Bertz CT molecular complexity index is 914. The molecule has 0 aliphatic carbocycles. The average molecular weight is 392 g/mol. The van der Waals surface area contributed by atoms with Crippen molar-refractivity contribution in [3.8, 4) is 5.75 Å². The summed E-state index contributed by atoms with van der Waals surface area (Å²) in [4.78, 5) is 6.37. The molecule has 4 nitrogen and oxygen atoms in total. The van der Waals surface area contributed by atoms with Gasteiger partial charge in [-0.2, -0.15) is 0 Å². The summed E-state index contributed by atoms with van der Waals surface area (Å²) >= 11 is 5.77. The maximum atomic E-state index is 5.77. The third-order valence-electron chi connectivity index (χ3n) is 4.27. The molecule has 3 rings (SSSR count). The highest BCUT2D eigenvalue weighted by Gasteiger charge is 2.14. The Labute approximate surface area is 172 Å². The summed E-state index contributed by atoms with van der Waals surface area (Å²) in [6, 6.07) is 20.4. The van der Waals surface area contributed by atoms with Crippen molar-refractivity contribution in [2.75, 3.05) is 11.9 Å². The second kappa shape index (κ2) is 9.85. The minimum absolute atomic E-state index is 0.605. The molecule has 2 aromatic carbocycles. The van der Waals surface area contributed by atoms with Crippen molar-refractivity contribution in [3.63, 3.8) is 0 Å². The quantitative estimate of drug-likeness (QED) is 0.561. The summed E-state index contributed by atoms with van der Waals surface area (Å²) in [6.45, 7) is 6.06. The molecule has 3 aromatic rings. The van der Waals surface area contributed by atoms with Crippen molar-refractivity contribution >= 4 is 23.0 Å². The Balaban J connectivity index is 1.82. The van der Waals surface area contributed by atoms with Crippen LogP contribution in [-0.2, 0) is 13.1 Å². The molecule has 0 spiro atoms. The number of nitrogens with zero attached hydrogens (tertiary/aromatic N) is 2. The zero-order valence-corrected chi connectivity index (χ0v) is 17.1.